The molecule has 3 rings (SSSR count). The molecule has 0 aromatic carbocycles. The maximum absolute atomic E-state index is 12.3. The highest BCUT2D eigenvalue weighted by atomic mass is 16.2. The van der Waals surface area contributed by atoms with Crippen LogP contribution in [0.2, 0.25) is 0 Å². The van der Waals surface area contributed by atoms with E-state index in [0.29, 0.717) is 17.9 Å². The number of carbonyl (C=O) groups is 1. The van der Waals surface area contributed by atoms with Crippen molar-refractivity contribution in [1.29, 1.82) is 0 Å². The molecule has 3 aliphatic heterocycles. The zero-order chi connectivity index (χ0) is 14.7. The molecule has 0 saturated carbocycles. The highest BCUT2D eigenvalue weighted by molar-refractivity contribution is 5.78. The second-order valence-corrected chi connectivity index (χ2v) is 7.38. The van der Waals surface area contributed by atoms with Crippen LogP contribution in [0.5, 0.6) is 0 Å². The Labute approximate surface area is 128 Å². The van der Waals surface area contributed by atoms with E-state index in [2.05, 4.69) is 26.9 Å². The molecular weight excluding hydrogens is 264 g/mol. The standard InChI is InChI=1S/C16H30N4O/c1-16(4-5-17-13-16)14-19-8-10-20(11-9-19)15(21)12-18-6-2-3-7-18/h17H,2-14H2,1H3. The van der Waals surface area contributed by atoms with Gasteiger partial charge in [0.2, 0.25) is 5.91 Å². The zero-order valence-electron chi connectivity index (χ0n) is 13.4. The highest BCUT2D eigenvalue weighted by Crippen LogP contribution is 2.26. The van der Waals surface area contributed by atoms with E-state index in [9.17, 15) is 4.79 Å². The summed E-state index contributed by atoms with van der Waals surface area (Å²) in [4.78, 5) is 19.3. The number of carbonyl (C=O) groups excluding carboxylic acids is 1. The topological polar surface area (TPSA) is 38.8 Å². The van der Waals surface area contributed by atoms with Crippen molar-refractivity contribution >= 4 is 5.91 Å². The Morgan fingerprint density at radius 1 is 1.05 bits per heavy atom. The van der Waals surface area contributed by atoms with Gasteiger partial charge in [0.1, 0.15) is 0 Å². The molecule has 0 aliphatic carbocycles. The predicted octanol–water partition coefficient (Wildman–Crippen LogP) is 0.226. The molecule has 0 radical (unpaired) electrons. The number of amides is 1. The largest absolute Gasteiger partial charge is 0.339 e. The van der Waals surface area contributed by atoms with E-state index in [4.69, 9.17) is 0 Å². The van der Waals surface area contributed by atoms with Crippen LogP contribution in [0.1, 0.15) is 26.2 Å². The van der Waals surface area contributed by atoms with Crippen LogP contribution in [0.15, 0.2) is 0 Å². The van der Waals surface area contributed by atoms with Crippen molar-refractivity contribution < 1.29 is 4.79 Å². The van der Waals surface area contributed by atoms with E-state index in [1.165, 1.54) is 25.8 Å². The van der Waals surface area contributed by atoms with Crippen molar-refractivity contribution in [3.63, 3.8) is 0 Å². The van der Waals surface area contributed by atoms with Gasteiger partial charge < -0.3 is 10.2 Å². The van der Waals surface area contributed by atoms with E-state index >= 15 is 0 Å². The summed E-state index contributed by atoms with van der Waals surface area (Å²) in [6.45, 7) is 12.6. The summed E-state index contributed by atoms with van der Waals surface area (Å²) in [6.07, 6.45) is 3.79. The quantitative estimate of drug-likeness (QED) is 0.805. The van der Waals surface area contributed by atoms with Crippen LogP contribution in [-0.4, -0.2) is 86.1 Å². The van der Waals surface area contributed by atoms with Gasteiger partial charge in [-0.2, -0.15) is 0 Å². The Balaban J connectivity index is 1.40. The molecule has 3 aliphatic rings. The van der Waals surface area contributed by atoms with Crippen LogP contribution in [0.3, 0.4) is 0 Å². The Morgan fingerprint density at radius 2 is 1.76 bits per heavy atom. The predicted molar refractivity (Wildman–Crippen MR) is 84.3 cm³/mol. The van der Waals surface area contributed by atoms with Crippen molar-refractivity contribution in [2.24, 2.45) is 5.41 Å². The molecule has 0 spiro atoms. The van der Waals surface area contributed by atoms with E-state index in [-0.39, 0.29) is 0 Å². The lowest BCUT2D eigenvalue weighted by Crippen LogP contribution is -2.53. The molecule has 3 fully saturated rings. The van der Waals surface area contributed by atoms with Gasteiger partial charge in [-0.1, -0.05) is 6.92 Å². The first-order valence-electron chi connectivity index (χ1n) is 8.58. The third-order valence-corrected chi connectivity index (χ3v) is 5.34. The normalized spacial score (nSPS) is 32.0. The second-order valence-electron chi connectivity index (χ2n) is 7.38. The molecule has 0 aromatic rings. The first-order valence-corrected chi connectivity index (χ1v) is 8.58. The Kier molecular flexibility index (Phi) is 4.82. The molecule has 1 amide bonds. The van der Waals surface area contributed by atoms with Gasteiger partial charge in [-0.05, 0) is 44.3 Å². The summed E-state index contributed by atoms with van der Waals surface area (Å²) in [7, 11) is 0. The van der Waals surface area contributed by atoms with Gasteiger partial charge in [-0.25, -0.2) is 0 Å². The average molecular weight is 294 g/mol. The summed E-state index contributed by atoms with van der Waals surface area (Å²) in [5, 5.41) is 3.47. The first kappa shape index (κ1) is 15.3. The summed E-state index contributed by atoms with van der Waals surface area (Å²) in [6, 6.07) is 0. The molecule has 3 saturated heterocycles. The third-order valence-electron chi connectivity index (χ3n) is 5.34. The highest BCUT2D eigenvalue weighted by Gasteiger charge is 2.32. The lowest BCUT2D eigenvalue weighted by molar-refractivity contribution is -0.134. The monoisotopic (exact) mass is 294 g/mol. The summed E-state index contributed by atoms with van der Waals surface area (Å²) in [5.74, 6) is 0.338. The lowest BCUT2D eigenvalue weighted by atomic mass is 9.89. The van der Waals surface area contributed by atoms with E-state index in [1.807, 2.05) is 0 Å². The molecule has 1 atom stereocenters. The van der Waals surface area contributed by atoms with Crippen molar-refractivity contribution in [3.8, 4) is 0 Å². The fraction of sp³-hybridized carbons (Fsp3) is 0.938. The fourth-order valence-electron chi connectivity index (χ4n) is 3.93. The lowest BCUT2D eigenvalue weighted by Gasteiger charge is -2.39. The number of rotatable bonds is 4. The third kappa shape index (κ3) is 3.96. The number of likely N-dealkylation sites (tertiary alicyclic amines) is 1. The maximum Gasteiger partial charge on any atom is 0.236 e. The number of piperazine rings is 1. The van der Waals surface area contributed by atoms with Crippen molar-refractivity contribution in [2.45, 2.75) is 26.2 Å². The molecule has 5 heteroatoms. The molecule has 1 N–H and O–H groups in total. The molecule has 1 unspecified atom stereocenters. The van der Waals surface area contributed by atoms with Crippen LogP contribution >= 0.6 is 0 Å². The Bertz CT molecular complexity index is 353. The van der Waals surface area contributed by atoms with Crippen LogP contribution in [0, 0.1) is 5.41 Å². The minimum absolute atomic E-state index is 0.338. The van der Waals surface area contributed by atoms with Gasteiger partial charge in [-0.15, -0.1) is 0 Å². The number of nitrogens with one attached hydrogen (secondary N) is 1. The van der Waals surface area contributed by atoms with Gasteiger partial charge in [0.05, 0.1) is 6.54 Å². The van der Waals surface area contributed by atoms with Crippen molar-refractivity contribution in [1.82, 2.24) is 20.0 Å². The molecule has 0 bridgehead atoms. The average Bonchev–Trinajstić information content (AvgIpc) is 3.11. The summed E-state index contributed by atoms with van der Waals surface area (Å²) < 4.78 is 0. The van der Waals surface area contributed by atoms with Gasteiger partial charge in [0, 0.05) is 39.3 Å². The van der Waals surface area contributed by atoms with Gasteiger partial charge >= 0.3 is 0 Å². The van der Waals surface area contributed by atoms with E-state index in [0.717, 1.165) is 52.4 Å². The Morgan fingerprint density at radius 3 is 2.38 bits per heavy atom. The molecular formula is C16H30N4O. The van der Waals surface area contributed by atoms with Gasteiger partial charge in [0.25, 0.3) is 0 Å². The molecule has 0 aromatic heterocycles. The number of hydrogen-bond donors (Lipinski definition) is 1. The number of nitrogens with zero attached hydrogens (tertiary/aromatic N) is 3. The van der Waals surface area contributed by atoms with Crippen molar-refractivity contribution in [2.75, 3.05) is 65.4 Å². The van der Waals surface area contributed by atoms with Crippen LogP contribution in [0.4, 0.5) is 0 Å². The van der Waals surface area contributed by atoms with Gasteiger partial charge in [-0.3, -0.25) is 14.6 Å². The van der Waals surface area contributed by atoms with E-state index in [1.54, 1.807) is 0 Å². The molecule has 5 nitrogen and oxygen atoms in total. The van der Waals surface area contributed by atoms with Crippen LogP contribution < -0.4 is 5.32 Å². The zero-order valence-corrected chi connectivity index (χ0v) is 13.4. The summed E-state index contributed by atoms with van der Waals surface area (Å²) >= 11 is 0. The minimum atomic E-state index is 0.338. The fourth-order valence-corrected chi connectivity index (χ4v) is 3.93. The molecule has 21 heavy (non-hydrogen) atoms. The SMILES string of the molecule is CC1(CN2CCN(C(=O)CN3CCCC3)CC2)CCNC1. The van der Waals surface area contributed by atoms with Crippen LogP contribution in [-0.2, 0) is 4.79 Å². The minimum Gasteiger partial charge on any atom is -0.339 e. The molecule has 3 heterocycles. The second kappa shape index (κ2) is 6.63. The smallest absolute Gasteiger partial charge is 0.236 e. The van der Waals surface area contributed by atoms with E-state index < -0.39 is 0 Å². The van der Waals surface area contributed by atoms with Crippen molar-refractivity contribution in [3.05, 3.63) is 0 Å². The summed E-state index contributed by atoms with van der Waals surface area (Å²) in [5.41, 5.74) is 0.432. The molecule has 120 valence electrons. The Hall–Kier alpha value is -0.650. The van der Waals surface area contributed by atoms with Gasteiger partial charge in [0.15, 0.2) is 0 Å². The first-order chi connectivity index (χ1) is 10.1. The number of hydrogen-bond acceptors (Lipinski definition) is 4. The van der Waals surface area contributed by atoms with Crippen LogP contribution in [0.25, 0.3) is 0 Å². The maximum atomic E-state index is 12.3.